The van der Waals surface area contributed by atoms with Crippen LogP contribution in [0.15, 0.2) is 48.5 Å². The van der Waals surface area contributed by atoms with E-state index in [9.17, 15) is 19.5 Å². The first-order valence-corrected chi connectivity index (χ1v) is 11.8. The standard InChI is InChI=1S/C27H35N3O5/c1-27(2,3)23(24(31)28-22(25(32)33)14-15-30(4)5)29-26(34)35-16-21-19-12-8-6-10-17(19)18-11-7-9-13-20(18)21/h6-13,21-23H,14-16H2,1-5H3,(H,28,31)(H,29,34)(H,32,33). The van der Waals surface area contributed by atoms with Gasteiger partial charge in [0.15, 0.2) is 0 Å². The molecule has 0 saturated carbocycles. The molecule has 2 aromatic rings. The lowest BCUT2D eigenvalue weighted by Crippen LogP contribution is -2.57. The molecule has 1 aliphatic rings. The Labute approximate surface area is 206 Å². The Morgan fingerprint density at radius 3 is 2.00 bits per heavy atom. The van der Waals surface area contributed by atoms with E-state index in [1.165, 1.54) is 0 Å². The van der Waals surface area contributed by atoms with E-state index in [2.05, 4.69) is 22.8 Å². The second-order valence-electron chi connectivity index (χ2n) is 10.3. The fraction of sp³-hybridized carbons (Fsp3) is 0.444. The number of hydrogen-bond acceptors (Lipinski definition) is 5. The fourth-order valence-electron chi connectivity index (χ4n) is 4.33. The van der Waals surface area contributed by atoms with Crippen LogP contribution in [0.1, 0.15) is 44.2 Å². The van der Waals surface area contributed by atoms with Crippen molar-refractivity contribution in [2.24, 2.45) is 5.41 Å². The first kappa shape index (κ1) is 26.2. The van der Waals surface area contributed by atoms with Crippen LogP contribution in [-0.2, 0) is 14.3 Å². The number of nitrogens with one attached hydrogen (secondary N) is 2. The molecular weight excluding hydrogens is 446 g/mol. The Bertz CT molecular complexity index is 1030. The van der Waals surface area contributed by atoms with Crippen LogP contribution in [0.25, 0.3) is 11.1 Å². The highest BCUT2D eigenvalue weighted by atomic mass is 16.5. The number of ether oxygens (including phenoxy) is 1. The van der Waals surface area contributed by atoms with Crippen molar-refractivity contribution in [1.29, 1.82) is 0 Å². The van der Waals surface area contributed by atoms with Crippen molar-refractivity contribution < 1.29 is 24.2 Å². The molecule has 0 aliphatic heterocycles. The van der Waals surface area contributed by atoms with Crippen LogP contribution in [0.3, 0.4) is 0 Å². The van der Waals surface area contributed by atoms with Crippen molar-refractivity contribution in [1.82, 2.24) is 15.5 Å². The van der Waals surface area contributed by atoms with Crippen molar-refractivity contribution in [2.45, 2.75) is 45.2 Å². The zero-order valence-corrected chi connectivity index (χ0v) is 21.0. The molecule has 2 aromatic carbocycles. The summed E-state index contributed by atoms with van der Waals surface area (Å²) in [6.07, 6.45) is -0.474. The van der Waals surface area contributed by atoms with Gasteiger partial charge < -0.3 is 25.4 Å². The summed E-state index contributed by atoms with van der Waals surface area (Å²) in [6.45, 7) is 6.03. The Kier molecular flexibility index (Phi) is 8.17. The van der Waals surface area contributed by atoms with Gasteiger partial charge in [-0.15, -0.1) is 0 Å². The van der Waals surface area contributed by atoms with E-state index in [1.54, 1.807) is 20.8 Å². The van der Waals surface area contributed by atoms with Gasteiger partial charge in [-0.05, 0) is 48.2 Å². The van der Waals surface area contributed by atoms with E-state index in [4.69, 9.17) is 4.74 Å². The minimum atomic E-state index is -1.12. The lowest BCUT2D eigenvalue weighted by Gasteiger charge is -2.31. The average molecular weight is 482 g/mol. The van der Waals surface area contributed by atoms with E-state index < -0.39 is 35.5 Å². The summed E-state index contributed by atoms with van der Waals surface area (Å²) in [5.74, 6) is -1.77. The highest BCUT2D eigenvalue weighted by Crippen LogP contribution is 2.44. The smallest absolute Gasteiger partial charge is 0.407 e. The summed E-state index contributed by atoms with van der Waals surface area (Å²) in [5.41, 5.74) is 3.77. The number of fused-ring (bicyclic) bond motifs is 3. The van der Waals surface area contributed by atoms with Gasteiger partial charge in [-0.2, -0.15) is 0 Å². The van der Waals surface area contributed by atoms with Crippen LogP contribution in [0.2, 0.25) is 0 Å². The normalized spacial score (nSPS) is 14.6. The highest BCUT2D eigenvalue weighted by molar-refractivity contribution is 5.90. The predicted molar refractivity (Wildman–Crippen MR) is 134 cm³/mol. The minimum absolute atomic E-state index is 0.0995. The van der Waals surface area contributed by atoms with Crippen LogP contribution < -0.4 is 10.6 Å². The number of carbonyl (C=O) groups excluding carboxylic acids is 2. The topological polar surface area (TPSA) is 108 Å². The summed E-state index contributed by atoms with van der Waals surface area (Å²) in [6, 6.07) is 14.1. The number of carboxylic acids is 1. The van der Waals surface area contributed by atoms with Crippen molar-refractivity contribution in [3.63, 3.8) is 0 Å². The lowest BCUT2D eigenvalue weighted by molar-refractivity contribution is -0.142. The maximum Gasteiger partial charge on any atom is 0.407 e. The molecule has 3 N–H and O–H groups in total. The molecule has 188 valence electrons. The molecule has 0 bridgehead atoms. The number of rotatable bonds is 9. The molecular formula is C27H35N3O5. The fourth-order valence-corrected chi connectivity index (χ4v) is 4.33. The first-order chi connectivity index (χ1) is 16.5. The number of nitrogens with zero attached hydrogens (tertiary/aromatic N) is 1. The molecule has 1 aliphatic carbocycles. The first-order valence-electron chi connectivity index (χ1n) is 11.8. The van der Waals surface area contributed by atoms with Gasteiger partial charge in [0.25, 0.3) is 0 Å². The molecule has 2 unspecified atom stereocenters. The number of alkyl carbamates (subject to hydrolysis) is 1. The van der Waals surface area contributed by atoms with E-state index in [0.29, 0.717) is 6.54 Å². The Hall–Kier alpha value is -3.39. The number of aliphatic carboxylic acids is 1. The maximum atomic E-state index is 13.0. The van der Waals surface area contributed by atoms with Crippen molar-refractivity contribution >= 4 is 18.0 Å². The molecule has 0 fully saturated rings. The van der Waals surface area contributed by atoms with Gasteiger partial charge in [0, 0.05) is 12.5 Å². The second-order valence-corrected chi connectivity index (χ2v) is 10.3. The third-order valence-electron chi connectivity index (χ3n) is 6.21. The Balaban J connectivity index is 1.67. The van der Waals surface area contributed by atoms with Gasteiger partial charge in [-0.1, -0.05) is 69.3 Å². The number of benzene rings is 2. The van der Waals surface area contributed by atoms with Crippen molar-refractivity contribution in [2.75, 3.05) is 27.2 Å². The van der Waals surface area contributed by atoms with E-state index in [-0.39, 0.29) is 18.9 Å². The molecule has 0 saturated heterocycles. The van der Waals surface area contributed by atoms with Crippen molar-refractivity contribution in [3.05, 3.63) is 59.7 Å². The number of carboxylic acid groups (broad SMARTS) is 1. The molecule has 35 heavy (non-hydrogen) atoms. The number of amides is 2. The van der Waals surface area contributed by atoms with Crippen LogP contribution in [0, 0.1) is 5.41 Å². The summed E-state index contributed by atoms with van der Waals surface area (Å²) >= 11 is 0. The van der Waals surface area contributed by atoms with Gasteiger partial charge in [0.05, 0.1) is 0 Å². The maximum absolute atomic E-state index is 13.0. The molecule has 0 radical (unpaired) electrons. The Morgan fingerprint density at radius 2 is 1.51 bits per heavy atom. The monoisotopic (exact) mass is 481 g/mol. The third kappa shape index (κ3) is 6.39. The van der Waals surface area contributed by atoms with Gasteiger partial charge >= 0.3 is 12.1 Å². The quantitative estimate of drug-likeness (QED) is 0.506. The van der Waals surface area contributed by atoms with Crippen LogP contribution in [0.4, 0.5) is 4.79 Å². The molecule has 3 rings (SSSR count). The van der Waals surface area contributed by atoms with Crippen LogP contribution in [-0.4, -0.2) is 67.3 Å². The largest absolute Gasteiger partial charge is 0.480 e. The molecule has 8 nitrogen and oxygen atoms in total. The van der Waals surface area contributed by atoms with Gasteiger partial charge in [-0.25, -0.2) is 9.59 Å². The van der Waals surface area contributed by atoms with Gasteiger partial charge in [0.2, 0.25) is 5.91 Å². The third-order valence-corrected chi connectivity index (χ3v) is 6.21. The summed E-state index contributed by atoms with van der Waals surface area (Å²) < 4.78 is 5.59. The number of carbonyl (C=O) groups is 3. The minimum Gasteiger partial charge on any atom is -0.480 e. The number of hydrogen-bond donors (Lipinski definition) is 3. The lowest BCUT2D eigenvalue weighted by atomic mass is 9.86. The molecule has 8 heteroatoms. The predicted octanol–water partition coefficient (Wildman–Crippen LogP) is 3.46. The van der Waals surface area contributed by atoms with E-state index >= 15 is 0 Å². The van der Waals surface area contributed by atoms with Crippen LogP contribution in [0.5, 0.6) is 0 Å². The molecule has 2 atom stereocenters. The molecule has 0 spiro atoms. The summed E-state index contributed by atoms with van der Waals surface area (Å²) in [5, 5.41) is 14.8. The Morgan fingerprint density at radius 1 is 0.971 bits per heavy atom. The second kappa shape index (κ2) is 10.9. The SMILES string of the molecule is CN(C)CCC(NC(=O)C(NC(=O)OCC1c2ccccc2-c2ccccc21)C(C)(C)C)C(=O)O. The molecule has 0 aromatic heterocycles. The van der Waals surface area contributed by atoms with Gasteiger partial charge in [0.1, 0.15) is 18.7 Å². The summed E-state index contributed by atoms with van der Waals surface area (Å²) in [7, 11) is 3.66. The van der Waals surface area contributed by atoms with Gasteiger partial charge in [-0.3, -0.25) is 4.79 Å². The molecule has 0 heterocycles. The summed E-state index contributed by atoms with van der Waals surface area (Å²) in [4.78, 5) is 39.3. The zero-order valence-electron chi connectivity index (χ0n) is 21.0. The van der Waals surface area contributed by atoms with Crippen molar-refractivity contribution in [3.8, 4) is 11.1 Å². The zero-order chi connectivity index (χ0) is 25.8. The van der Waals surface area contributed by atoms with E-state index in [0.717, 1.165) is 22.3 Å². The molecule has 2 amide bonds. The average Bonchev–Trinajstić information content (AvgIpc) is 3.11. The highest BCUT2D eigenvalue weighted by Gasteiger charge is 2.36. The van der Waals surface area contributed by atoms with E-state index in [1.807, 2.05) is 55.4 Å². The van der Waals surface area contributed by atoms with Crippen LogP contribution >= 0.6 is 0 Å².